The molecule has 1 aromatic carbocycles. The van der Waals surface area contributed by atoms with Crippen LogP contribution in [0.25, 0.3) is 0 Å². The van der Waals surface area contributed by atoms with Crippen molar-refractivity contribution in [3.05, 3.63) is 29.8 Å². The summed E-state index contributed by atoms with van der Waals surface area (Å²) in [7, 11) is 0. The molecule has 0 bridgehead atoms. The van der Waals surface area contributed by atoms with Crippen LogP contribution in [0.5, 0.6) is 0 Å². The molecule has 0 spiro atoms. The number of carboxylic acid groups (broad SMARTS) is 1. The van der Waals surface area contributed by atoms with Crippen molar-refractivity contribution in [1.29, 1.82) is 0 Å². The molecule has 5 nitrogen and oxygen atoms in total. The van der Waals surface area contributed by atoms with Crippen LogP contribution in [0.15, 0.2) is 24.3 Å². The standard InChI is InChI=1S/C14H18N2O3/c15-10-4-1-3-9(7-10)8-13(17)16-12-6-2-5-11(12)14(18)19/h1,3-4,7,11-12H,2,5-6,8,15H2,(H,16,17)(H,18,19). The Morgan fingerprint density at radius 1 is 1.37 bits per heavy atom. The number of benzene rings is 1. The first-order valence-corrected chi connectivity index (χ1v) is 6.43. The maximum Gasteiger partial charge on any atom is 0.308 e. The van der Waals surface area contributed by atoms with Gasteiger partial charge in [0.25, 0.3) is 0 Å². The Bertz CT molecular complexity index is 487. The first kappa shape index (κ1) is 13.4. The number of hydrogen-bond donors (Lipinski definition) is 3. The summed E-state index contributed by atoms with van der Waals surface area (Å²) in [5.41, 5.74) is 7.11. The number of rotatable bonds is 4. The van der Waals surface area contributed by atoms with Crippen LogP contribution >= 0.6 is 0 Å². The van der Waals surface area contributed by atoms with Crippen LogP contribution in [0.3, 0.4) is 0 Å². The molecule has 4 N–H and O–H groups in total. The summed E-state index contributed by atoms with van der Waals surface area (Å²) in [4.78, 5) is 22.9. The monoisotopic (exact) mass is 262 g/mol. The number of carbonyl (C=O) groups is 2. The Morgan fingerprint density at radius 2 is 2.16 bits per heavy atom. The molecule has 19 heavy (non-hydrogen) atoms. The molecule has 0 aromatic heterocycles. The zero-order chi connectivity index (χ0) is 13.8. The van der Waals surface area contributed by atoms with E-state index in [2.05, 4.69) is 5.32 Å². The second-order valence-corrected chi connectivity index (χ2v) is 4.97. The minimum absolute atomic E-state index is 0.149. The average Bonchev–Trinajstić information content (AvgIpc) is 2.76. The molecule has 5 heteroatoms. The quantitative estimate of drug-likeness (QED) is 0.710. The van der Waals surface area contributed by atoms with E-state index in [1.165, 1.54) is 0 Å². The number of aliphatic carboxylic acids is 1. The fraction of sp³-hybridized carbons (Fsp3) is 0.429. The molecule has 2 atom stereocenters. The third-order valence-corrected chi connectivity index (χ3v) is 3.50. The highest BCUT2D eigenvalue weighted by molar-refractivity contribution is 5.80. The zero-order valence-electron chi connectivity index (χ0n) is 10.6. The SMILES string of the molecule is Nc1cccc(CC(=O)NC2CCCC2C(=O)O)c1. The van der Waals surface area contributed by atoms with Crippen molar-refractivity contribution in [1.82, 2.24) is 5.32 Å². The van der Waals surface area contributed by atoms with Crippen LogP contribution in [-0.4, -0.2) is 23.0 Å². The fourth-order valence-electron chi connectivity index (χ4n) is 2.57. The zero-order valence-corrected chi connectivity index (χ0v) is 10.6. The Kier molecular flexibility index (Phi) is 4.04. The van der Waals surface area contributed by atoms with Gasteiger partial charge in [0.1, 0.15) is 0 Å². The molecule has 1 amide bonds. The molecular formula is C14H18N2O3. The minimum Gasteiger partial charge on any atom is -0.481 e. The van der Waals surface area contributed by atoms with Crippen LogP contribution in [0.2, 0.25) is 0 Å². The van der Waals surface area contributed by atoms with Gasteiger partial charge in [-0.2, -0.15) is 0 Å². The van der Waals surface area contributed by atoms with E-state index in [-0.39, 0.29) is 18.4 Å². The molecule has 0 radical (unpaired) electrons. The summed E-state index contributed by atoms with van der Waals surface area (Å²) < 4.78 is 0. The molecule has 0 aliphatic heterocycles. The van der Waals surface area contributed by atoms with Gasteiger partial charge in [-0.25, -0.2) is 0 Å². The highest BCUT2D eigenvalue weighted by Crippen LogP contribution is 2.25. The van der Waals surface area contributed by atoms with E-state index in [0.717, 1.165) is 18.4 Å². The van der Waals surface area contributed by atoms with Gasteiger partial charge in [0.05, 0.1) is 12.3 Å². The van der Waals surface area contributed by atoms with Crippen molar-refractivity contribution >= 4 is 17.6 Å². The lowest BCUT2D eigenvalue weighted by Crippen LogP contribution is -2.40. The van der Waals surface area contributed by atoms with Crippen LogP contribution in [0, 0.1) is 5.92 Å². The molecular weight excluding hydrogens is 244 g/mol. The maximum absolute atomic E-state index is 11.9. The number of carboxylic acids is 1. The second-order valence-electron chi connectivity index (χ2n) is 4.97. The van der Waals surface area contributed by atoms with Gasteiger partial charge in [0.2, 0.25) is 5.91 Å². The molecule has 2 unspecified atom stereocenters. The second kappa shape index (κ2) is 5.73. The van der Waals surface area contributed by atoms with Crippen molar-refractivity contribution in [3.63, 3.8) is 0 Å². The van der Waals surface area contributed by atoms with Crippen LogP contribution < -0.4 is 11.1 Å². The van der Waals surface area contributed by atoms with Crippen molar-refractivity contribution in [2.45, 2.75) is 31.7 Å². The molecule has 1 saturated carbocycles. The molecule has 1 aromatic rings. The van der Waals surface area contributed by atoms with Gasteiger partial charge >= 0.3 is 5.97 Å². The molecule has 0 saturated heterocycles. The highest BCUT2D eigenvalue weighted by Gasteiger charge is 2.33. The average molecular weight is 262 g/mol. The number of nitrogens with two attached hydrogens (primary N) is 1. The molecule has 1 fully saturated rings. The number of nitrogens with one attached hydrogen (secondary N) is 1. The Labute approximate surface area is 111 Å². The van der Waals surface area contributed by atoms with Gasteiger partial charge in [-0.3, -0.25) is 9.59 Å². The molecule has 1 aliphatic rings. The lowest BCUT2D eigenvalue weighted by Gasteiger charge is -2.17. The van der Waals surface area contributed by atoms with Gasteiger partial charge in [-0.1, -0.05) is 18.6 Å². The highest BCUT2D eigenvalue weighted by atomic mass is 16.4. The molecule has 1 aliphatic carbocycles. The topological polar surface area (TPSA) is 92.4 Å². The maximum atomic E-state index is 11.9. The Morgan fingerprint density at radius 3 is 2.84 bits per heavy atom. The first-order chi connectivity index (χ1) is 9.06. The van der Waals surface area contributed by atoms with E-state index in [1.807, 2.05) is 6.07 Å². The summed E-state index contributed by atoms with van der Waals surface area (Å²) in [6.07, 6.45) is 2.45. The van der Waals surface area contributed by atoms with Gasteiger partial charge in [0, 0.05) is 11.7 Å². The van der Waals surface area contributed by atoms with Gasteiger partial charge < -0.3 is 16.2 Å². The Balaban J connectivity index is 1.92. The number of amides is 1. The van der Waals surface area contributed by atoms with Crippen molar-refractivity contribution in [3.8, 4) is 0 Å². The Hall–Kier alpha value is -2.04. The molecule has 102 valence electrons. The van der Waals surface area contributed by atoms with E-state index in [9.17, 15) is 9.59 Å². The summed E-state index contributed by atoms with van der Waals surface area (Å²) >= 11 is 0. The van der Waals surface area contributed by atoms with Crippen LogP contribution in [-0.2, 0) is 16.0 Å². The molecule has 2 rings (SSSR count). The van der Waals surface area contributed by atoms with Gasteiger partial charge in [-0.15, -0.1) is 0 Å². The largest absolute Gasteiger partial charge is 0.481 e. The van der Waals surface area contributed by atoms with E-state index < -0.39 is 11.9 Å². The smallest absolute Gasteiger partial charge is 0.308 e. The van der Waals surface area contributed by atoms with Crippen LogP contribution in [0.1, 0.15) is 24.8 Å². The summed E-state index contributed by atoms with van der Waals surface area (Å²) in [5, 5.41) is 11.9. The number of anilines is 1. The third-order valence-electron chi connectivity index (χ3n) is 3.50. The molecule has 0 heterocycles. The summed E-state index contributed by atoms with van der Waals surface area (Å²) in [6, 6.07) is 6.90. The van der Waals surface area contributed by atoms with Crippen LogP contribution in [0.4, 0.5) is 5.69 Å². The number of hydrogen-bond acceptors (Lipinski definition) is 3. The first-order valence-electron chi connectivity index (χ1n) is 6.43. The third kappa shape index (κ3) is 3.47. The van der Waals surface area contributed by atoms with E-state index in [4.69, 9.17) is 10.8 Å². The lowest BCUT2D eigenvalue weighted by atomic mass is 10.0. The van der Waals surface area contributed by atoms with E-state index >= 15 is 0 Å². The minimum atomic E-state index is -0.827. The predicted octanol–water partition coefficient (Wildman–Crippen LogP) is 1.18. The van der Waals surface area contributed by atoms with Gasteiger partial charge in [0.15, 0.2) is 0 Å². The van der Waals surface area contributed by atoms with Crippen molar-refractivity contribution in [2.75, 3.05) is 5.73 Å². The fourth-order valence-corrected chi connectivity index (χ4v) is 2.57. The van der Waals surface area contributed by atoms with E-state index in [0.29, 0.717) is 12.1 Å². The predicted molar refractivity (Wildman–Crippen MR) is 71.5 cm³/mol. The number of carbonyl (C=O) groups excluding carboxylic acids is 1. The summed E-state index contributed by atoms with van der Waals surface area (Å²) in [6.45, 7) is 0. The van der Waals surface area contributed by atoms with E-state index in [1.54, 1.807) is 18.2 Å². The van der Waals surface area contributed by atoms with Gasteiger partial charge in [-0.05, 0) is 30.5 Å². The lowest BCUT2D eigenvalue weighted by molar-refractivity contribution is -0.142. The van der Waals surface area contributed by atoms with Crippen molar-refractivity contribution in [2.24, 2.45) is 5.92 Å². The summed E-state index contributed by atoms with van der Waals surface area (Å²) in [5.74, 6) is -1.43. The van der Waals surface area contributed by atoms with Crippen molar-refractivity contribution < 1.29 is 14.7 Å². The normalized spacial score (nSPS) is 22.1. The number of nitrogen functional groups attached to an aromatic ring is 1.